The molecule has 6 heteroatoms. The average Bonchev–Trinajstić information content (AvgIpc) is 2.35. The molecule has 0 fully saturated rings. The van der Waals surface area contributed by atoms with Gasteiger partial charge in [0.25, 0.3) is 10.0 Å². The van der Waals surface area contributed by atoms with E-state index in [-0.39, 0.29) is 15.7 Å². The molecule has 0 atom stereocenters. The van der Waals surface area contributed by atoms with Gasteiger partial charge in [-0.1, -0.05) is 29.8 Å². The van der Waals surface area contributed by atoms with Gasteiger partial charge in [0, 0.05) is 6.20 Å². The fourth-order valence-corrected chi connectivity index (χ4v) is 2.71. The molecular formula is C12H11ClN2O2S. The van der Waals surface area contributed by atoms with Crippen LogP contribution in [0.5, 0.6) is 0 Å². The smallest absolute Gasteiger partial charge is 0.261 e. The number of hydrogen-bond acceptors (Lipinski definition) is 3. The molecule has 0 aliphatic heterocycles. The van der Waals surface area contributed by atoms with E-state index >= 15 is 0 Å². The Kier molecular flexibility index (Phi) is 3.54. The Balaban J connectivity index is 2.37. The van der Waals surface area contributed by atoms with Crippen molar-refractivity contribution in [2.24, 2.45) is 0 Å². The van der Waals surface area contributed by atoms with Gasteiger partial charge in [0.1, 0.15) is 0 Å². The Morgan fingerprint density at radius 2 is 1.89 bits per heavy atom. The van der Waals surface area contributed by atoms with Gasteiger partial charge in [-0.25, -0.2) is 13.4 Å². The number of anilines is 1. The predicted molar refractivity (Wildman–Crippen MR) is 71.2 cm³/mol. The van der Waals surface area contributed by atoms with Crippen LogP contribution < -0.4 is 4.72 Å². The van der Waals surface area contributed by atoms with Crippen LogP contribution in [0.1, 0.15) is 5.56 Å². The fraction of sp³-hybridized carbons (Fsp3) is 0.0833. The van der Waals surface area contributed by atoms with Crippen molar-refractivity contribution in [3.8, 4) is 0 Å². The molecule has 2 rings (SSSR count). The van der Waals surface area contributed by atoms with Crippen LogP contribution in [0.3, 0.4) is 0 Å². The predicted octanol–water partition coefficient (Wildman–Crippen LogP) is 2.84. The molecule has 18 heavy (non-hydrogen) atoms. The number of aryl methyl sites for hydroxylation is 1. The quantitative estimate of drug-likeness (QED) is 0.881. The van der Waals surface area contributed by atoms with E-state index < -0.39 is 10.0 Å². The molecule has 0 bridgehead atoms. The summed E-state index contributed by atoms with van der Waals surface area (Å²) >= 11 is 5.85. The van der Waals surface area contributed by atoms with Crippen molar-refractivity contribution < 1.29 is 8.42 Å². The molecule has 0 radical (unpaired) electrons. The van der Waals surface area contributed by atoms with Crippen molar-refractivity contribution in [2.45, 2.75) is 11.8 Å². The minimum absolute atomic E-state index is 0.125. The standard InChI is InChI=1S/C12H11ClN2O2S/c1-9-7-11(12(13)14-8-9)15-18(16,17)10-5-3-2-4-6-10/h2-8,15H,1H3. The number of aromatic nitrogens is 1. The van der Waals surface area contributed by atoms with E-state index in [0.29, 0.717) is 0 Å². The van der Waals surface area contributed by atoms with Gasteiger partial charge in [0.05, 0.1) is 10.6 Å². The first-order chi connectivity index (χ1) is 8.49. The van der Waals surface area contributed by atoms with Crippen LogP contribution in [0.4, 0.5) is 5.69 Å². The van der Waals surface area contributed by atoms with E-state index in [2.05, 4.69) is 9.71 Å². The van der Waals surface area contributed by atoms with E-state index in [0.717, 1.165) is 5.56 Å². The van der Waals surface area contributed by atoms with Gasteiger partial charge in [-0.3, -0.25) is 4.72 Å². The topological polar surface area (TPSA) is 59.1 Å². The average molecular weight is 283 g/mol. The monoisotopic (exact) mass is 282 g/mol. The van der Waals surface area contributed by atoms with Crippen molar-refractivity contribution in [2.75, 3.05) is 4.72 Å². The summed E-state index contributed by atoms with van der Waals surface area (Å²) in [6.07, 6.45) is 1.57. The molecule has 0 saturated heterocycles. The van der Waals surface area contributed by atoms with Crippen LogP contribution in [0, 0.1) is 6.92 Å². The Morgan fingerprint density at radius 3 is 2.56 bits per heavy atom. The molecule has 0 spiro atoms. The number of hydrogen-bond donors (Lipinski definition) is 1. The first-order valence-corrected chi connectivity index (χ1v) is 7.05. The van der Waals surface area contributed by atoms with Gasteiger partial charge in [0.2, 0.25) is 0 Å². The van der Waals surface area contributed by atoms with E-state index in [9.17, 15) is 8.42 Å². The number of rotatable bonds is 3. The van der Waals surface area contributed by atoms with Crippen LogP contribution in [0.2, 0.25) is 5.15 Å². The Hall–Kier alpha value is -1.59. The van der Waals surface area contributed by atoms with E-state index in [1.807, 2.05) is 6.92 Å². The summed E-state index contributed by atoms with van der Waals surface area (Å²) in [6.45, 7) is 1.81. The van der Waals surface area contributed by atoms with Gasteiger partial charge in [-0.05, 0) is 30.7 Å². The number of sulfonamides is 1. The lowest BCUT2D eigenvalue weighted by atomic mass is 10.3. The molecule has 0 saturated carbocycles. The highest BCUT2D eigenvalue weighted by atomic mass is 35.5. The molecule has 0 unspecified atom stereocenters. The molecule has 94 valence electrons. The maximum atomic E-state index is 12.1. The summed E-state index contributed by atoms with van der Waals surface area (Å²) in [5.74, 6) is 0. The van der Waals surface area contributed by atoms with E-state index in [1.54, 1.807) is 30.5 Å². The maximum absolute atomic E-state index is 12.1. The SMILES string of the molecule is Cc1cnc(Cl)c(NS(=O)(=O)c2ccccc2)c1. The third-order valence-electron chi connectivity index (χ3n) is 2.27. The van der Waals surface area contributed by atoms with Gasteiger partial charge in [-0.2, -0.15) is 0 Å². The highest BCUT2D eigenvalue weighted by Crippen LogP contribution is 2.23. The highest BCUT2D eigenvalue weighted by molar-refractivity contribution is 7.92. The van der Waals surface area contributed by atoms with Crippen molar-refractivity contribution in [1.29, 1.82) is 0 Å². The zero-order chi connectivity index (χ0) is 13.2. The molecule has 1 aromatic carbocycles. The summed E-state index contributed by atoms with van der Waals surface area (Å²) in [6, 6.07) is 9.73. The molecule has 1 aromatic heterocycles. The minimum Gasteiger partial charge on any atom is -0.276 e. The Bertz CT molecular complexity index is 657. The van der Waals surface area contributed by atoms with Gasteiger partial charge in [-0.15, -0.1) is 0 Å². The van der Waals surface area contributed by atoms with E-state index in [4.69, 9.17) is 11.6 Å². The van der Waals surface area contributed by atoms with Crippen LogP contribution in [0.25, 0.3) is 0 Å². The molecule has 1 heterocycles. The summed E-state index contributed by atoms with van der Waals surface area (Å²) in [7, 11) is -3.63. The third kappa shape index (κ3) is 2.80. The molecular weight excluding hydrogens is 272 g/mol. The summed E-state index contributed by atoms with van der Waals surface area (Å²) in [4.78, 5) is 4.08. The second kappa shape index (κ2) is 4.96. The normalized spacial score (nSPS) is 11.2. The lowest BCUT2D eigenvalue weighted by Crippen LogP contribution is -2.13. The Labute approximate surface area is 111 Å². The number of halogens is 1. The fourth-order valence-electron chi connectivity index (χ4n) is 1.43. The zero-order valence-electron chi connectivity index (χ0n) is 9.59. The maximum Gasteiger partial charge on any atom is 0.261 e. The third-order valence-corrected chi connectivity index (χ3v) is 3.96. The number of pyridine rings is 1. The van der Waals surface area contributed by atoms with Crippen molar-refractivity contribution in [1.82, 2.24) is 4.98 Å². The molecule has 4 nitrogen and oxygen atoms in total. The van der Waals surface area contributed by atoms with Crippen LogP contribution in [-0.4, -0.2) is 13.4 Å². The van der Waals surface area contributed by atoms with Gasteiger partial charge < -0.3 is 0 Å². The first kappa shape index (κ1) is 12.9. The number of nitrogens with one attached hydrogen (secondary N) is 1. The lowest BCUT2D eigenvalue weighted by molar-refractivity contribution is 0.601. The molecule has 1 N–H and O–H groups in total. The Morgan fingerprint density at radius 1 is 1.22 bits per heavy atom. The molecule has 0 aliphatic rings. The van der Waals surface area contributed by atoms with Gasteiger partial charge >= 0.3 is 0 Å². The van der Waals surface area contributed by atoms with Crippen LogP contribution >= 0.6 is 11.6 Å². The van der Waals surface area contributed by atoms with Crippen molar-refractivity contribution >= 4 is 27.3 Å². The van der Waals surface area contributed by atoms with Crippen molar-refractivity contribution in [3.63, 3.8) is 0 Å². The second-order valence-electron chi connectivity index (χ2n) is 3.77. The summed E-state index contributed by atoms with van der Waals surface area (Å²) in [5.41, 5.74) is 1.10. The molecule has 2 aromatic rings. The van der Waals surface area contributed by atoms with Crippen molar-refractivity contribution in [3.05, 3.63) is 53.3 Å². The minimum atomic E-state index is -3.63. The van der Waals surface area contributed by atoms with Crippen LogP contribution in [-0.2, 0) is 10.0 Å². The summed E-state index contributed by atoms with van der Waals surface area (Å²) in [5, 5.41) is 0.125. The lowest BCUT2D eigenvalue weighted by Gasteiger charge is -2.09. The van der Waals surface area contributed by atoms with Gasteiger partial charge in [0.15, 0.2) is 5.15 Å². The number of benzene rings is 1. The van der Waals surface area contributed by atoms with E-state index in [1.165, 1.54) is 12.1 Å². The van der Waals surface area contributed by atoms with Crippen LogP contribution in [0.15, 0.2) is 47.5 Å². The summed E-state index contributed by atoms with van der Waals surface area (Å²) < 4.78 is 26.6. The number of nitrogens with zero attached hydrogens (tertiary/aromatic N) is 1. The molecule has 0 aliphatic carbocycles. The highest BCUT2D eigenvalue weighted by Gasteiger charge is 2.15. The molecule has 0 amide bonds. The first-order valence-electron chi connectivity index (χ1n) is 5.19. The zero-order valence-corrected chi connectivity index (χ0v) is 11.2. The largest absolute Gasteiger partial charge is 0.276 e. The second-order valence-corrected chi connectivity index (χ2v) is 5.81.